The van der Waals surface area contributed by atoms with Crippen LogP contribution in [0.1, 0.15) is 61.6 Å². The summed E-state index contributed by atoms with van der Waals surface area (Å²) in [6.45, 7) is 7.47. The van der Waals surface area contributed by atoms with Crippen LogP contribution in [0, 0.1) is 6.92 Å². The van der Waals surface area contributed by atoms with E-state index in [4.69, 9.17) is 4.42 Å². The minimum Gasteiger partial charge on any atom is -0.469 e. The van der Waals surface area contributed by atoms with Crippen molar-refractivity contribution in [2.24, 2.45) is 0 Å². The Hall–Kier alpha value is -1.54. The fourth-order valence-electron chi connectivity index (χ4n) is 2.65. The molecule has 2 aromatic rings. The van der Waals surface area contributed by atoms with Crippen LogP contribution in [0.3, 0.4) is 0 Å². The van der Waals surface area contributed by atoms with Gasteiger partial charge in [0.25, 0.3) is 0 Å². The Kier molecular flexibility index (Phi) is 6.06. The highest BCUT2D eigenvalue weighted by atomic mass is 16.3. The number of benzene rings is 1. The average Bonchev–Trinajstić information content (AvgIpc) is 2.93. The maximum Gasteiger partial charge on any atom is 0.105 e. The Balaban J connectivity index is 2.18. The first kappa shape index (κ1) is 15.8. The summed E-state index contributed by atoms with van der Waals surface area (Å²) in [7, 11) is 0. The maximum absolute atomic E-state index is 5.48. The third-order valence-electron chi connectivity index (χ3n) is 3.94. The average molecular weight is 285 g/mol. The molecule has 1 N–H and O–H groups in total. The van der Waals surface area contributed by atoms with Gasteiger partial charge in [0.15, 0.2) is 0 Å². The van der Waals surface area contributed by atoms with Crippen molar-refractivity contribution in [2.45, 2.75) is 52.5 Å². The fraction of sp³-hybridized carbons (Fsp3) is 0.474. The summed E-state index contributed by atoms with van der Waals surface area (Å²) in [4.78, 5) is 0. The molecule has 1 aromatic carbocycles. The molecular formula is C19H27NO. The van der Waals surface area contributed by atoms with Crippen molar-refractivity contribution in [1.82, 2.24) is 5.32 Å². The van der Waals surface area contributed by atoms with E-state index in [0.717, 1.165) is 18.7 Å². The molecule has 0 fully saturated rings. The van der Waals surface area contributed by atoms with E-state index in [9.17, 15) is 0 Å². The van der Waals surface area contributed by atoms with E-state index in [1.807, 2.05) is 6.92 Å². The topological polar surface area (TPSA) is 25.2 Å². The first-order chi connectivity index (χ1) is 10.3. The van der Waals surface area contributed by atoms with Gasteiger partial charge in [0.2, 0.25) is 0 Å². The van der Waals surface area contributed by atoms with Gasteiger partial charge in [-0.25, -0.2) is 0 Å². The van der Waals surface area contributed by atoms with Crippen LogP contribution in [-0.4, -0.2) is 6.54 Å². The van der Waals surface area contributed by atoms with E-state index in [1.165, 1.54) is 36.0 Å². The number of rotatable bonds is 8. The molecule has 0 saturated heterocycles. The highest BCUT2D eigenvalue weighted by molar-refractivity contribution is 5.34. The molecule has 0 spiro atoms. The molecule has 0 radical (unpaired) electrons. The predicted octanol–water partition coefficient (Wildman–Crippen LogP) is 5.02. The van der Waals surface area contributed by atoms with Crippen LogP contribution in [0.25, 0.3) is 0 Å². The fourth-order valence-corrected chi connectivity index (χ4v) is 2.65. The van der Waals surface area contributed by atoms with Crippen molar-refractivity contribution in [1.29, 1.82) is 0 Å². The maximum atomic E-state index is 5.48. The zero-order valence-electron chi connectivity index (χ0n) is 13.5. The molecule has 0 saturated carbocycles. The molecule has 1 unspecified atom stereocenters. The second-order valence-electron chi connectivity index (χ2n) is 5.66. The van der Waals surface area contributed by atoms with Gasteiger partial charge in [0, 0.05) is 5.56 Å². The summed E-state index contributed by atoms with van der Waals surface area (Å²) in [6.07, 6.45) is 6.59. The molecule has 1 atom stereocenters. The summed E-state index contributed by atoms with van der Waals surface area (Å²) in [5, 5.41) is 3.63. The molecule has 1 heterocycles. The third kappa shape index (κ3) is 4.21. The molecule has 0 bridgehead atoms. The van der Waals surface area contributed by atoms with E-state index < -0.39 is 0 Å². The van der Waals surface area contributed by atoms with Crippen molar-refractivity contribution >= 4 is 0 Å². The highest BCUT2D eigenvalue weighted by Crippen LogP contribution is 2.26. The van der Waals surface area contributed by atoms with E-state index in [1.54, 1.807) is 6.26 Å². The van der Waals surface area contributed by atoms with Gasteiger partial charge in [-0.15, -0.1) is 0 Å². The van der Waals surface area contributed by atoms with Gasteiger partial charge in [-0.2, -0.15) is 0 Å². The van der Waals surface area contributed by atoms with Gasteiger partial charge < -0.3 is 9.73 Å². The Morgan fingerprint density at radius 1 is 1.05 bits per heavy atom. The summed E-state index contributed by atoms with van der Waals surface area (Å²) in [5.41, 5.74) is 3.98. The van der Waals surface area contributed by atoms with Gasteiger partial charge in [0.1, 0.15) is 5.76 Å². The Morgan fingerprint density at radius 3 is 2.38 bits per heavy atom. The number of aryl methyl sites for hydroxylation is 2. The SMILES string of the molecule is CCCCc1ccc(C(NCCC)c2ccoc2C)cc1. The largest absolute Gasteiger partial charge is 0.469 e. The van der Waals surface area contributed by atoms with E-state index in [2.05, 4.69) is 49.5 Å². The number of hydrogen-bond donors (Lipinski definition) is 1. The Bertz CT molecular complexity index is 527. The molecule has 21 heavy (non-hydrogen) atoms. The van der Waals surface area contributed by atoms with Gasteiger partial charge in [-0.1, -0.05) is 44.5 Å². The van der Waals surface area contributed by atoms with Gasteiger partial charge in [-0.05, 0) is 49.9 Å². The van der Waals surface area contributed by atoms with Crippen LogP contribution in [0.5, 0.6) is 0 Å². The number of nitrogens with one attached hydrogen (secondary N) is 1. The predicted molar refractivity (Wildman–Crippen MR) is 88.6 cm³/mol. The first-order valence-corrected chi connectivity index (χ1v) is 8.12. The zero-order valence-corrected chi connectivity index (χ0v) is 13.5. The second kappa shape index (κ2) is 8.04. The zero-order chi connectivity index (χ0) is 15.1. The van der Waals surface area contributed by atoms with Crippen molar-refractivity contribution < 1.29 is 4.42 Å². The number of furan rings is 1. The minimum atomic E-state index is 0.226. The normalized spacial score (nSPS) is 12.5. The van der Waals surface area contributed by atoms with E-state index in [-0.39, 0.29) is 6.04 Å². The van der Waals surface area contributed by atoms with Crippen LogP contribution in [0.15, 0.2) is 41.0 Å². The third-order valence-corrected chi connectivity index (χ3v) is 3.94. The van der Waals surface area contributed by atoms with E-state index in [0.29, 0.717) is 0 Å². The highest BCUT2D eigenvalue weighted by Gasteiger charge is 2.17. The minimum absolute atomic E-state index is 0.226. The summed E-state index contributed by atoms with van der Waals surface area (Å²) in [5.74, 6) is 0.999. The van der Waals surface area contributed by atoms with Crippen LogP contribution in [0.4, 0.5) is 0 Å². The molecule has 0 aliphatic heterocycles. The molecule has 0 aliphatic carbocycles. The first-order valence-electron chi connectivity index (χ1n) is 8.12. The molecular weight excluding hydrogens is 258 g/mol. The van der Waals surface area contributed by atoms with Gasteiger partial charge >= 0.3 is 0 Å². The lowest BCUT2D eigenvalue weighted by Gasteiger charge is -2.19. The van der Waals surface area contributed by atoms with Crippen molar-refractivity contribution in [3.63, 3.8) is 0 Å². The van der Waals surface area contributed by atoms with E-state index >= 15 is 0 Å². The molecule has 2 rings (SSSR count). The summed E-state index contributed by atoms with van der Waals surface area (Å²) < 4.78 is 5.48. The lowest BCUT2D eigenvalue weighted by Crippen LogP contribution is -2.23. The number of hydrogen-bond acceptors (Lipinski definition) is 2. The lowest BCUT2D eigenvalue weighted by atomic mass is 9.97. The second-order valence-corrected chi connectivity index (χ2v) is 5.66. The molecule has 1 aromatic heterocycles. The number of unbranched alkanes of at least 4 members (excludes halogenated alkanes) is 1. The lowest BCUT2D eigenvalue weighted by molar-refractivity contribution is 0.517. The van der Waals surface area contributed by atoms with Crippen molar-refractivity contribution in [3.8, 4) is 0 Å². The smallest absolute Gasteiger partial charge is 0.105 e. The Morgan fingerprint density at radius 2 is 1.81 bits per heavy atom. The molecule has 114 valence electrons. The Labute approximate surface area is 128 Å². The molecule has 2 heteroatoms. The van der Waals surface area contributed by atoms with Crippen LogP contribution in [0.2, 0.25) is 0 Å². The van der Waals surface area contributed by atoms with Crippen LogP contribution >= 0.6 is 0 Å². The quantitative estimate of drug-likeness (QED) is 0.736. The molecule has 0 aliphatic rings. The summed E-state index contributed by atoms with van der Waals surface area (Å²) in [6, 6.07) is 11.3. The monoisotopic (exact) mass is 285 g/mol. The van der Waals surface area contributed by atoms with Crippen LogP contribution < -0.4 is 5.32 Å². The van der Waals surface area contributed by atoms with Gasteiger partial charge in [-0.3, -0.25) is 0 Å². The van der Waals surface area contributed by atoms with Crippen molar-refractivity contribution in [3.05, 3.63) is 59.0 Å². The summed E-state index contributed by atoms with van der Waals surface area (Å²) >= 11 is 0. The molecule has 2 nitrogen and oxygen atoms in total. The standard InChI is InChI=1S/C19H27NO/c1-4-6-7-16-8-10-17(11-9-16)19(20-13-5-2)18-12-14-21-15(18)3/h8-12,14,19-20H,4-7,13H2,1-3H3. The van der Waals surface area contributed by atoms with Crippen molar-refractivity contribution in [2.75, 3.05) is 6.54 Å². The van der Waals surface area contributed by atoms with Gasteiger partial charge in [0.05, 0.1) is 12.3 Å². The van der Waals surface area contributed by atoms with Crippen LogP contribution in [-0.2, 0) is 6.42 Å². The molecule has 0 amide bonds.